The quantitative estimate of drug-likeness (QED) is 0.104. The van der Waals surface area contributed by atoms with E-state index in [0.29, 0.717) is 36.1 Å². The second kappa shape index (κ2) is 31.9. The topological polar surface area (TPSA) is 238 Å². The van der Waals surface area contributed by atoms with Gasteiger partial charge in [0.05, 0.1) is 18.5 Å². The molecule has 8 rings (SSSR count). The molecule has 0 amide bonds. The summed E-state index contributed by atoms with van der Waals surface area (Å²) in [6.07, 6.45) is 18.0. The first-order valence-electron chi connectivity index (χ1n) is 20.1. The summed E-state index contributed by atoms with van der Waals surface area (Å²) >= 11 is 7.40. The number of aliphatic hydroxyl groups excluding tert-OH is 2. The number of hydrogen-bond acceptors (Lipinski definition) is 14. The van der Waals surface area contributed by atoms with E-state index >= 15 is 0 Å². The molecule has 5 aliphatic heterocycles. The van der Waals surface area contributed by atoms with Crippen LogP contribution in [0, 0.1) is 17.8 Å². The molecule has 19 heteroatoms. The van der Waals surface area contributed by atoms with Gasteiger partial charge in [0.15, 0.2) is 11.6 Å². The predicted molar refractivity (Wildman–Crippen MR) is 237 cm³/mol. The first-order valence-corrected chi connectivity index (χ1v) is 20.9. The third-order valence-electron chi connectivity index (χ3n) is 10.7. The SMILES string of the molecule is C1CC(C2NC(C3CCNCC3)NC(C3CCNCC3)N2)CC[N-]1.CO.CO.[Fe+4].[N-]=C=S.[N-]=C=S.c1cc(-c2nc(-c3ccncc3)nc(C3CC[N-]CC3)n2)ccn1. The zero-order valence-corrected chi connectivity index (χ0v) is 36.8. The fourth-order valence-corrected chi connectivity index (χ4v) is 7.84. The van der Waals surface area contributed by atoms with Gasteiger partial charge in [-0.25, -0.2) is 15.0 Å². The Bertz CT molecular complexity index is 1450. The zero-order chi connectivity index (χ0) is 41.8. The molecular weight excluding hydrogens is 829 g/mol. The van der Waals surface area contributed by atoms with E-state index in [2.05, 4.69) is 76.6 Å². The van der Waals surface area contributed by atoms with Crippen LogP contribution in [0.3, 0.4) is 0 Å². The first kappa shape index (κ1) is 52.2. The molecule has 0 spiro atoms. The smallest absolute Gasteiger partial charge is 0.753 e. The van der Waals surface area contributed by atoms with E-state index in [4.69, 9.17) is 31.0 Å². The summed E-state index contributed by atoms with van der Waals surface area (Å²) in [5.74, 6) is 4.83. The van der Waals surface area contributed by atoms with Crippen LogP contribution in [0.1, 0.15) is 63.1 Å². The van der Waals surface area contributed by atoms with Crippen molar-refractivity contribution in [2.24, 2.45) is 17.8 Å². The van der Waals surface area contributed by atoms with Crippen LogP contribution in [0.25, 0.3) is 44.2 Å². The van der Waals surface area contributed by atoms with E-state index in [9.17, 15) is 0 Å². The monoisotopic (exact) mass is 888 g/mol. The molecule has 2 atom stereocenters. The molecule has 2 unspecified atom stereocenters. The van der Waals surface area contributed by atoms with E-state index in [1.807, 2.05) is 24.3 Å². The van der Waals surface area contributed by atoms with E-state index < -0.39 is 0 Å². The van der Waals surface area contributed by atoms with Crippen molar-refractivity contribution in [3.63, 3.8) is 0 Å². The molecule has 5 saturated heterocycles. The average molecular weight is 889 g/mol. The van der Waals surface area contributed by atoms with Gasteiger partial charge in [-0.05, 0) is 93.9 Å². The second-order valence-electron chi connectivity index (χ2n) is 14.1. The van der Waals surface area contributed by atoms with Crippen LogP contribution in [-0.4, -0.2) is 131 Å². The Balaban J connectivity index is 0.000000330. The summed E-state index contributed by atoms with van der Waals surface area (Å²) < 4.78 is 0. The maximum atomic E-state index is 7.13. The number of aliphatic hydroxyl groups is 2. The van der Waals surface area contributed by atoms with Crippen molar-refractivity contribution < 1.29 is 27.3 Å². The number of aromatic nitrogens is 5. The number of nitrogens with one attached hydrogen (secondary N) is 5. The maximum absolute atomic E-state index is 7.13. The van der Waals surface area contributed by atoms with Gasteiger partial charge in [0.1, 0.15) is 5.82 Å². The Morgan fingerprint density at radius 2 is 0.881 bits per heavy atom. The van der Waals surface area contributed by atoms with E-state index in [-0.39, 0.29) is 17.1 Å². The van der Waals surface area contributed by atoms with Crippen LogP contribution < -0.4 is 26.6 Å². The third-order valence-corrected chi connectivity index (χ3v) is 10.7. The molecule has 5 fully saturated rings. The number of hydrogen-bond donors (Lipinski definition) is 7. The van der Waals surface area contributed by atoms with Gasteiger partial charge in [-0.1, -0.05) is 50.1 Å². The minimum atomic E-state index is 0. The van der Waals surface area contributed by atoms with Crippen LogP contribution in [0.15, 0.2) is 49.1 Å². The molecule has 3 aromatic rings. The molecular formula is C40H60FeN14O2S2. The zero-order valence-electron chi connectivity index (χ0n) is 34.1. The average Bonchev–Trinajstić information content (AvgIpc) is 3.32. The van der Waals surface area contributed by atoms with Crippen LogP contribution in [-0.2, 0) is 17.1 Å². The Kier molecular flexibility index (Phi) is 28.2. The van der Waals surface area contributed by atoms with Crippen LogP contribution in [0.4, 0.5) is 0 Å². The fraction of sp³-hybridized carbons (Fsp3) is 0.625. The third kappa shape index (κ3) is 17.9. The summed E-state index contributed by atoms with van der Waals surface area (Å²) in [6, 6.07) is 7.69. The molecule has 0 aliphatic carbocycles. The van der Waals surface area contributed by atoms with Crippen molar-refractivity contribution >= 4 is 34.8 Å². The summed E-state index contributed by atoms with van der Waals surface area (Å²) in [5.41, 5.74) is 1.90. The number of thiocarbonyl (C=S) groups is 2. The molecule has 0 radical (unpaired) electrons. The molecule has 0 bridgehead atoms. The van der Waals surface area contributed by atoms with E-state index in [1.54, 1.807) is 24.8 Å². The first-order chi connectivity index (χ1) is 28.6. The Labute approximate surface area is 371 Å². The summed E-state index contributed by atoms with van der Waals surface area (Å²) in [7, 11) is 2.00. The van der Waals surface area contributed by atoms with Crippen LogP contribution >= 0.6 is 24.4 Å². The summed E-state index contributed by atoms with van der Waals surface area (Å²) in [6.45, 7) is 8.54. The molecule has 59 heavy (non-hydrogen) atoms. The van der Waals surface area contributed by atoms with E-state index in [0.717, 1.165) is 87.9 Å². The van der Waals surface area contributed by atoms with Crippen molar-refractivity contribution in [3.8, 4) is 22.8 Å². The standard InChI is InChI=1S/C18H35N6.C18H17N6.2CNS.2CH4O.Fe/c2*1-7-19-8-2-13(1)16-22-17(14-3-9-20-10-4-14)24-18(23-16)15-5-11-21-12-6-15;2*2-1-3;2*1-2;/h13-20,22-24H,1-12H2;1-4,7-10,15H,5-6,11-12H2;;;2*2H,1H3;/q4*-1;;;+4. The van der Waals surface area contributed by atoms with Gasteiger partial charge in [-0.2, -0.15) is 10.3 Å². The molecule has 7 N–H and O–H groups in total. The van der Waals surface area contributed by atoms with Gasteiger partial charge < -0.3 is 42.3 Å². The second-order valence-corrected chi connectivity index (χ2v) is 14.4. The van der Waals surface area contributed by atoms with Crippen LogP contribution in [0.2, 0.25) is 0 Å². The predicted octanol–water partition coefficient (Wildman–Crippen LogP) is 4.31. The largest absolute Gasteiger partial charge is 4.00 e. The van der Waals surface area contributed by atoms with Gasteiger partial charge in [-0.15, -0.1) is 26.2 Å². The van der Waals surface area contributed by atoms with Gasteiger partial charge in [0.2, 0.25) is 0 Å². The van der Waals surface area contributed by atoms with Gasteiger partial charge in [0, 0.05) is 56.1 Å². The number of isothiocyanates is 2. The molecule has 3 aromatic heterocycles. The van der Waals surface area contributed by atoms with Crippen LogP contribution in [0.5, 0.6) is 0 Å². The van der Waals surface area contributed by atoms with Crippen molar-refractivity contribution in [3.05, 3.63) is 76.3 Å². The number of pyridine rings is 2. The number of rotatable bonds is 6. The van der Waals surface area contributed by atoms with Gasteiger partial charge >= 0.3 is 17.1 Å². The van der Waals surface area contributed by atoms with Crippen molar-refractivity contribution in [1.29, 1.82) is 0 Å². The Hall–Kier alpha value is -2.93. The number of piperidine rings is 4. The fourth-order valence-electron chi connectivity index (χ4n) is 7.84. The number of nitrogens with zero attached hydrogens (tertiary/aromatic N) is 9. The minimum Gasteiger partial charge on any atom is -0.753 e. The minimum absolute atomic E-state index is 0. The molecule has 0 aromatic carbocycles. The molecule has 8 heterocycles. The van der Waals surface area contributed by atoms with Gasteiger partial charge in [-0.3, -0.25) is 25.9 Å². The Morgan fingerprint density at radius 1 is 0.559 bits per heavy atom. The Morgan fingerprint density at radius 3 is 1.24 bits per heavy atom. The molecule has 0 saturated carbocycles. The molecule has 16 nitrogen and oxygen atoms in total. The van der Waals surface area contributed by atoms with Crippen molar-refractivity contribution in [2.45, 2.75) is 75.8 Å². The molecule has 322 valence electrons. The maximum Gasteiger partial charge on any atom is 4.00 e. The summed E-state index contributed by atoms with van der Waals surface area (Å²) in [5, 5.41) is 58.8. The normalized spacial score (nSPS) is 22.3. The summed E-state index contributed by atoms with van der Waals surface area (Å²) in [4.78, 5) is 22.3. The van der Waals surface area contributed by atoms with E-state index in [1.165, 1.54) is 75.0 Å². The molecule has 5 aliphatic rings. The van der Waals surface area contributed by atoms with Gasteiger partial charge in [0.25, 0.3) is 0 Å². The van der Waals surface area contributed by atoms with Crippen molar-refractivity contribution in [2.75, 3.05) is 66.6 Å². The van der Waals surface area contributed by atoms with Crippen molar-refractivity contribution in [1.82, 2.24) is 51.5 Å².